The summed E-state index contributed by atoms with van der Waals surface area (Å²) in [4.78, 5) is 2.27. The first-order valence-corrected chi connectivity index (χ1v) is 9.42. The van der Waals surface area contributed by atoms with Gasteiger partial charge < -0.3 is 9.47 Å². The molecule has 1 aliphatic rings. The summed E-state index contributed by atoms with van der Waals surface area (Å²) in [5, 5.41) is 0. The van der Waals surface area contributed by atoms with E-state index < -0.39 is 9.84 Å². The Morgan fingerprint density at radius 2 is 1.95 bits per heavy atom. The molecule has 0 aliphatic carbocycles. The van der Waals surface area contributed by atoms with Crippen LogP contribution in [0.5, 0.6) is 5.75 Å². The molecule has 6 heteroatoms. The van der Waals surface area contributed by atoms with Crippen LogP contribution in [0.2, 0.25) is 0 Å². The maximum atomic E-state index is 11.7. The molecule has 124 valence electrons. The lowest BCUT2D eigenvalue weighted by atomic mass is 10.1. The standard InChI is InChI=1S/C16H25NO4S/c1-20-10-3-9-17(15-8-11-22(18,19)13-15)12-14-4-6-16(21-2)7-5-14/h4-7,15H,3,8-13H2,1-2H3/t15-/m1/s1. The predicted octanol–water partition coefficient (Wildman–Crippen LogP) is 1.72. The molecule has 1 saturated heterocycles. The minimum atomic E-state index is -2.87. The van der Waals surface area contributed by atoms with Crippen LogP contribution >= 0.6 is 0 Å². The number of rotatable bonds is 8. The fourth-order valence-corrected chi connectivity index (χ4v) is 4.59. The Kier molecular flexibility index (Phi) is 6.23. The van der Waals surface area contributed by atoms with E-state index in [1.807, 2.05) is 24.3 Å². The van der Waals surface area contributed by atoms with Gasteiger partial charge in [-0.15, -0.1) is 0 Å². The number of benzene rings is 1. The maximum absolute atomic E-state index is 11.7. The zero-order chi connectivity index (χ0) is 16.0. The van der Waals surface area contributed by atoms with Gasteiger partial charge in [-0.05, 0) is 30.5 Å². The monoisotopic (exact) mass is 327 g/mol. The molecule has 1 heterocycles. The van der Waals surface area contributed by atoms with Crippen LogP contribution in [0.25, 0.3) is 0 Å². The van der Waals surface area contributed by atoms with Crippen molar-refractivity contribution in [1.82, 2.24) is 4.90 Å². The third kappa shape index (κ3) is 4.97. The van der Waals surface area contributed by atoms with Gasteiger partial charge in [0, 0.05) is 32.8 Å². The van der Waals surface area contributed by atoms with Gasteiger partial charge in [0.15, 0.2) is 9.84 Å². The Bertz CT molecular complexity index is 556. The van der Waals surface area contributed by atoms with Gasteiger partial charge >= 0.3 is 0 Å². The molecule has 0 aromatic heterocycles. The van der Waals surface area contributed by atoms with E-state index in [4.69, 9.17) is 9.47 Å². The highest BCUT2D eigenvalue weighted by molar-refractivity contribution is 7.91. The van der Waals surface area contributed by atoms with Crippen molar-refractivity contribution < 1.29 is 17.9 Å². The predicted molar refractivity (Wildman–Crippen MR) is 87.0 cm³/mol. The molecule has 5 nitrogen and oxygen atoms in total. The highest BCUT2D eigenvalue weighted by atomic mass is 32.2. The summed E-state index contributed by atoms with van der Waals surface area (Å²) >= 11 is 0. The van der Waals surface area contributed by atoms with Crippen molar-refractivity contribution in [3.05, 3.63) is 29.8 Å². The lowest BCUT2D eigenvalue weighted by Gasteiger charge is -2.28. The number of nitrogens with zero attached hydrogens (tertiary/aromatic N) is 1. The lowest BCUT2D eigenvalue weighted by molar-refractivity contribution is 0.150. The van der Waals surface area contributed by atoms with Gasteiger partial charge in [-0.25, -0.2) is 8.42 Å². The molecule has 2 rings (SSSR count). The van der Waals surface area contributed by atoms with Gasteiger partial charge in [-0.1, -0.05) is 12.1 Å². The zero-order valence-corrected chi connectivity index (χ0v) is 14.1. The van der Waals surface area contributed by atoms with E-state index in [1.54, 1.807) is 14.2 Å². The molecule has 1 aromatic carbocycles. The van der Waals surface area contributed by atoms with Crippen molar-refractivity contribution in [3.63, 3.8) is 0 Å². The smallest absolute Gasteiger partial charge is 0.151 e. The van der Waals surface area contributed by atoms with Crippen LogP contribution in [-0.2, 0) is 21.1 Å². The van der Waals surface area contributed by atoms with E-state index >= 15 is 0 Å². The van der Waals surface area contributed by atoms with Crippen molar-refractivity contribution in [2.75, 3.05) is 38.9 Å². The zero-order valence-electron chi connectivity index (χ0n) is 13.3. The van der Waals surface area contributed by atoms with E-state index in [9.17, 15) is 8.42 Å². The van der Waals surface area contributed by atoms with Crippen LogP contribution in [0.4, 0.5) is 0 Å². The molecule has 0 N–H and O–H groups in total. The molecule has 0 bridgehead atoms. The van der Waals surface area contributed by atoms with E-state index in [-0.39, 0.29) is 11.8 Å². The lowest BCUT2D eigenvalue weighted by Crippen LogP contribution is -2.36. The van der Waals surface area contributed by atoms with Crippen molar-refractivity contribution in [2.24, 2.45) is 0 Å². The SMILES string of the molecule is COCCCN(Cc1ccc(OC)cc1)[C@@H]1CCS(=O)(=O)C1. The van der Waals surface area contributed by atoms with Crippen LogP contribution < -0.4 is 4.74 Å². The quantitative estimate of drug-likeness (QED) is 0.681. The third-order valence-corrected chi connectivity index (χ3v) is 5.81. The number of sulfone groups is 1. The molecule has 1 atom stereocenters. The highest BCUT2D eigenvalue weighted by Gasteiger charge is 2.31. The third-order valence-electron chi connectivity index (χ3n) is 4.06. The van der Waals surface area contributed by atoms with Crippen LogP contribution in [-0.4, -0.2) is 58.2 Å². The molecule has 22 heavy (non-hydrogen) atoms. The Morgan fingerprint density at radius 1 is 1.23 bits per heavy atom. The van der Waals surface area contributed by atoms with Crippen LogP contribution in [0.3, 0.4) is 0 Å². The molecule has 0 amide bonds. The number of hydrogen-bond donors (Lipinski definition) is 0. The van der Waals surface area contributed by atoms with Crippen molar-refractivity contribution in [1.29, 1.82) is 0 Å². The molecule has 0 saturated carbocycles. The molecule has 0 radical (unpaired) electrons. The molecule has 0 unspecified atom stereocenters. The summed E-state index contributed by atoms with van der Waals surface area (Å²) in [5.74, 6) is 1.41. The van der Waals surface area contributed by atoms with Crippen molar-refractivity contribution in [3.8, 4) is 5.75 Å². The van der Waals surface area contributed by atoms with Gasteiger partial charge in [0.25, 0.3) is 0 Å². The summed E-state index contributed by atoms with van der Waals surface area (Å²) in [6.07, 6.45) is 1.63. The van der Waals surface area contributed by atoms with Gasteiger partial charge in [-0.3, -0.25) is 4.90 Å². The van der Waals surface area contributed by atoms with E-state index in [0.29, 0.717) is 12.4 Å². The normalized spacial score (nSPS) is 20.4. The highest BCUT2D eigenvalue weighted by Crippen LogP contribution is 2.21. The first kappa shape index (κ1) is 17.2. The van der Waals surface area contributed by atoms with E-state index in [2.05, 4.69) is 4.90 Å². The molecular formula is C16H25NO4S. The first-order chi connectivity index (χ1) is 10.5. The average Bonchev–Trinajstić information content (AvgIpc) is 2.87. The summed E-state index contributed by atoms with van der Waals surface area (Å²) < 4.78 is 33.8. The summed E-state index contributed by atoms with van der Waals surface area (Å²) in [5.41, 5.74) is 1.17. The second-order valence-corrected chi connectivity index (χ2v) is 7.95. The summed E-state index contributed by atoms with van der Waals surface area (Å²) in [6.45, 7) is 2.30. The van der Waals surface area contributed by atoms with Crippen molar-refractivity contribution >= 4 is 9.84 Å². The average molecular weight is 327 g/mol. The van der Waals surface area contributed by atoms with Gasteiger partial charge in [0.05, 0.1) is 18.6 Å². The van der Waals surface area contributed by atoms with E-state index in [1.165, 1.54) is 5.56 Å². The van der Waals surface area contributed by atoms with Gasteiger partial charge in [0.2, 0.25) is 0 Å². The fourth-order valence-electron chi connectivity index (χ4n) is 2.83. The first-order valence-electron chi connectivity index (χ1n) is 7.60. The van der Waals surface area contributed by atoms with Crippen LogP contribution in [0, 0.1) is 0 Å². The molecule has 1 aliphatic heterocycles. The topological polar surface area (TPSA) is 55.8 Å². The summed E-state index contributed by atoms with van der Waals surface area (Å²) in [6, 6.07) is 8.06. The second-order valence-electron chi connectivity index (χ2n) is 5.72. The molecule has 1 fully saturated rings. The number of ether oxygens (including phenoxy) is 2. The largest absolute Gasteiger partial charge is 0.497 e. The minimum absolute atomic E-state index is 0.115. The van der Waals surface area contributed by atoms with Crippen LogP contribution in [0.15, 0.2) is 24.3 Å². The number of methoxy groups -OCH3 is 2. The Morgan fingerprint density at radius 3 is 2.50 bits per heavy atom. The maximum Gasteiger partial charge on any atom is 0.151 e. The van der Waals surface area contributed by atoms with E-state index in [0.717, 1.165) is 31.7 Å². The van der Waals surface area contributed by atoms with Gasteiger partial charge in [0.1, 0.15) is 5.75 Å². The molecule has 1 aromatic rings. The fraction of sp³-hybridized carbons (Fsp3) is 0.625. The second kappa shape index (κ2) is 7.94. The minimum Gasteiger partial charge on any atom is -0.497 e. The van der Waals surface area contributed by atoms with Gasteiger partial charge in [-0.2, -0.15) is 0 Å². The van der Waals surface area contributed by atoms with Crippen LogP contribution in [0.1, 0.15) is 18.4 Å². The Hall–Kier alpha value is -1.11. The number of hydrogen-bond acceptors (Lipinski definition) is 5. The van der Waals surface area contributed by atoms with Crippen molar-refractivity contribution in [2.45, 2.75) is 25.4 Å². The Labute approximate surface area is 133 Å². The summed E-state index contributed by atoms with van der Waals surface area (Å²) in [7, 11) is 0.470. The molecular weight excluding hydrogens is 302 g/mol. The molecule has 0 spiro atoms. The Balaban J connectivity index is 2.03.